The van der Waals surface area contributed by atoms with Crippen LogP contribution in [0, 0.1) is 0 Å². The molecule has 0 aliphatic carbocycles. The molecule has 2 aromatic rings. The van der Waals surface area contributed by atoms with Crippen LogP contribution in [-0.2, 0) is 23.4 Å². The maximum atomic E-state index is 13.3. The predicted octanol–water partition coefficient (Wildman–Crippen LogP) is 2.35. The standard InChI is InChI=1S/C21H28N3O8P/c1-2-3-13-29-20(26)14-22-33(28,32-16-7-5-4-6-8-16)30-15-17-9-10-19(31-17)24-12-11-18(25)23-21(24)27/h4-8,11-12,17,19H,2-3,9-10,13-15H2,1H3,(H,22,28)(H,23,25,27). The highest BCUT2D eigenvalue weighted by atomic mass is 31.2. The van der Waals surface area contributed by atoms with Gasteiger partial charge >= 0.3 is 19.4 Å². The smallest absolute Gasteiger partial charge is 0.459 e. The number of carbonyl (C=O) groups is 1. The van der Waals surface area contributed by atoms with Gasteiger partial charge in [0.05, 0.1) is 19.3 Å². The normalized spacial score (nSPS) is 19.7. The van der Waals surface area contributed by atoms with Gasteiger partial charge in [-0.25, -0.2) is 14.4 Å². The Bertz CT molecular complexity index is 1070. The van der Waals surface area contributed by atoms with E-state index >= 15 is 0 Å². The Morgan fingerprint density at radius 1 is 1.24 bits per heavy atom. The van der Waals surface area contributed by atoms with E-state index in [4.69, 9.17) is 18.5 Å². The number of hydrogen-bond acceptors (Lipinski definition) is 8. The van der Waals surface area contributed by atoms with Crippen LogP contribution in [0.5, 0.6) is 5.75 Å². The number of nitrogens with one attached hydrogen (secondary N) is 2. The van der Waals surface area contributed by atoms with Crippen LogP contribution in [0.15, 0.2) is 52.2 Å². The second-order valence-electron chi connectivity index (χ2n) is 7.41. The summed E-state index contributed by atoms with van der Waals surface area (Å²) in [7, 11) is -3.94. The lowest BCUT2D eigenvalue weighted by Gasteiger charge is -2.22. The average Bonchev–Trinajstić information content (AvgIpc) is 3.26. The number of benzene rings is 1. The number of unbranched alkanes of at least 4 members (excludes halogenated alkanes) is 1. The van der Waals surface area contributed by atoms with Crippen LogP contribution in [0.3, 0.4) is 0 Å². The molecule has 11 nitrogen and oxygen atoms in total. The van der Waals surface area contributed by atoms with Crippen molar-refractivity contribution in [2.75, 3.05) is 19.8 Å². The molecule has 0 radical (unpaired) electrons. The van der Waals surface area contributed by atoms with Gasteiger partial charge in [-0.05, 0) is 31.4 Å². The maximum absolute atomic E-state index is 13.3. The Morgan fingerprint density at radius 2 is 2.03 bits per heavy atom. The molecule has 0 bridgehead atoms. The summed E-state index contributed by atoms with van der Waals surface area (Å²) in [6, 6.07) is 9.67. The third-order valence-corrected chi connectivity index (χ3v) is 6.31. The molecule has 1 saturated heterocycles. The van der Waals surface area contributed by atoms with Crippen molar-refractivity contribution in [3.8, 4) is 5.75 Å². The molecular weight excluding hydrogens is 453 g/mol. The number of aromatic nitrogens is 2. The van der Waals surface area contributed by atoms with Crippen molar-refractivity contribution in [3.05, 3.63) is 63.4 Å². The lowest BCUT2D eigenvalue weighted by atomic mass is 10.2. The van der Waals surface area contributed by atoms with E-state index < -0.39 is 37.3 Å². The fraction of sp³-hybridized carbons (Fsp3) is 0.476. The van der Waals surface area contributed by atoms with Crippen LogP contribution in [0.4, 0.5) is 0 Å². The van der Waals surface area contributed by atoms with Gasteiger partial charge in [0.15, 0.2) is 0 Å². The molecule has 0 saturated carbocycles. The van der Waals surface area contributed by atoms with Gasteiger partial charge in [-0.2, -0.15) is 0 Å². The molecule has 1 aromatic carbocycles. The van der Waals surface area contributed by atoms with Gasteiger partial charge in [0.1, 0.15) is 18.5 Å². The topological polar surface area (TPSA) is 138 Å². The molecule has 1 aliphatic rings. The molecule has 0 spiro atoms. The summed E-state index contributed by atoms with van der Waals surface area (Å²) in [5.41, 5.74) is -1.07. The largest absolute Gasteiger partial charge is 0.465 e. The maximum Gasteiger partial charge on any atom is 0.459 e. The molecule has 1 aromatic heterocycles. The molecule has 3 atom stereocenters. The van der Waals surface area contributed by atoms with E-state index in [1.165, 1.54) is 16.8 Å². The van der Waals surface area contributed by atoms with Crippen molar-refractivity contribution >= 4 is 13.7 Å². The molecule has 3 unspecified atom stereocenters. The predicted molar refractivity (Wildman–Crippen MR) is 119 cm³/mol. The van der Waals surface area contributed by atoms with E-state index in [1.807, 2.05) is 6.92 Å². The summed E-state index contributed by atoms with van der Waals surface area (Å²) >= 11 is 0. The number of ether oxygens (including phenoxy) is 2. The number of rotatable bonds is 12. The first kappa shape index (κ1) is 24.9. The van der Waals surface area contributed by atoms with Gasteiger partial charge in [-0.15, -0.1) is 0 Å². The third-order valence-electron chi connectivity index (χ3n) is 4.82. The Morgan fingerprint density at radius 3 is 2.76 bits per heavy atom. The highest BCUT2D eigenvalue weighted by molar-refractivity contribution is 7.52. The molecule has 0 amide bonds. The molecule has 2 heterocycles. The van der Waals surface area contributed by atoms with Crippen LogP contribution in [0.1, 0.15) is 38.8 Å². The number of esters is 1. The van der Waals surface area contributed by atoms with Gasteiger partial charge < -0.3 is 14.0 Å². The minimum Gasteiger partial charge on any atom is -0.465 e. The first-order valence-corrected chi connectivity index (χ1v) is 12.3. The van der Waals surface area contributed by atoms with Gasteiger partial charge in [-0.1, -0.05) is 31.5 Å². The number of H-pyrrole nitrogens is 1. The van der Waals surface area contributed by atoms with Crippen LogP contribution in [-0.4, -0.2) is 41.4 Å². The average molecular weight is 481 g/mol. The van der Waals surface area contributed by atoms with Gasteiger partial charge in [-0.3, -0.25) is 23.7 Å². The molecule has 2 N–H and O–H groups in total. The van der Waals surface area contributed by atoms with Crippen molar-refractivity contribution in [3.63, 3.8) is 0 Å². The second kappa shape index (κ2) is 11.9. The lowest BCUT2D eigenvalue weighted by molar-refractivity contribution is -0.142. The fourth-order valence-electron chi connectivity index (χ4n) is 3.12. The molecule has 12 heteroatoms. The zero-order valence-corrected chi connectivity index (χ0v) is 19.2. The summed E-state index contributed by atoms with van der Waals surface area (Å²) in [5.74, 6) is -0.267. The zero-order valence-electron chi connectivity index (χ0n) is 18.3. The van der Waals surface area contributed by atoms with E-state index in [9.17, 15) is 18.9 Å². The minimum absolute atomic E-state index is 0.101. The van der Waals surface area contributed by atoms with E-state index in [0.717, 1.165) is 12.8 Å². The van der Waals surface area contributed by atoms with E-state index in [1.54, 1.807) is 30.3 Å². The van der Waals surface area contributed by atoms with Gasteiger partial charge in [0.25, 0.3) is 5.56 Å². The summed E-state index contributed by atoms with van der Waals surface area (Å²) in [4.78, 5) is 37.3. The Hall–Kier alpha value is -2.72. The molecule has 3 rings (SSSR count). The van der Waals surface area contributed by atoms with Crippen LogP contribution >= 0.6 is 7.75 Å². The first-order chi connectivity index (χ1) is 15.9. The van der Waals surface area contributed by atoms with Crippen molar-refractivity contribution in [1.82, 2.24) is 14.6 Å². The van der Waals surface area contributed by atoms with E-state index in [2.05, 4.69) is 10.1 Å². The summed E-state index contributed by atoms with van der Waals surface area (Å²) in [6.07, 6.45) is 2.95. The van der Waals surface area contributed by atoms with Crippen molar-refractivity contribution in [2.45, 2.75) is 44.9 Å². The van der Waals surface area contributed by atoms with Gasteiger partial charge in [0, 0.05) is 12.3 Å². The van der Waals surface area contributed by atoms with Crippen LogP contribution < -0.4 is 20.9 Å². The Kier molecular flexibility index (Phi) is 9.02. The number of carbonyl (C=O) groups excluding carboxylic acids is 1. The van der Waals surface area contributed by atoms with Crippen molar-refractivity contribution in [1.29, 1.82) is 0 Å². The Balaban J connectivity index is 1.60. The highest BCUT2D eigenvalue weighted by Crippen LogP contribution is 2.45. The minimum atomic E-state index is -3.94. The van der Waals surface area contributed by atoms with Crippen LogP contribution in [0.25, 0.3) is 0 Å². The summed E-state index contributed by atoms with van der Waals surface area (Å²) in [6.45, 7) is 1.81. The second-order valence-corrected chi connectivity index (χ2v) is 9.17. The number of aromatic amines is 1. The molecule has 1 fully saturated rings. The molecule has 180 valence electrons. The van der Waals surface area contributed by atoms with Crippen LogP contribution in [0.2, 0.25) is 0 Å². The summed E-state index contributed by atoms with van der Waals surface area (Å²) in [5, 5.41) is 2.54. The monoisotopic (exact) mass is 481 g/mol. The number of hydrogen-bond donors (Lipinski definition) is 2. The quantitative estimate of drug-likeness (QED) is 0.266. The number of nitrogens with zero attached hydrogens (tertiary/aromatic N) is 1. The van der Waals surface area contributed by atoms with Gasteiger partial charge in [0.2, 0.25) is 0 Å². The fourth-order valence-corrected chi connectivity index (χ4v) is 4.41. The van der Waals surface area contributed by atoms with Crippen molar-refractivity contribution in [2.24, 2.45) is 0 Å². The first-order valence-electron chi connectivity index (χ1n) is 10.8. The zero-order chi connectivity index (χ0) is 23.7. The van der Waals surface area contributed by atoms with E-state index in [0.29, 0.717) is 18.6 Å². The lowest BCUT2D eigenvalue weighted by Crippen LogP contribution is -2.32. The van der Waals surface area contributed by atoms with Crippen molar-refractivity contribution < 1.29 is 27.9 Å². The molecular formula is C21H28N3O8P. The SMILES string of the molecule is CCCCOC(=O)CNP(=O)(OCC1CCC(n2ccc(=O)[nH]c2=O)O1)Oc1ccccc1. The summed E-state index contributed by atoms with van der Waals surface area (Å²) < 4.78 is 36.6. The highest BCUT2D eigenvalue weighted by Gasteiger charge is 2.33. The Labute approximate surface area is 190 Å². The molecule has 1 aliphatic heterocycles. The molecule has 33 heavy (non-hydrogen) atoms. The third kappa shape index (κ3) is 7.68. The van der Waals surface area contributed by atoms with E-state index in [-0.39, 0.29) is 19.8 Å². The number of para-hydroxylation sites is 1.